The number of nitrogens with one attached hydrogen (secondary N) is 3. The summed E-state index contributed by atoms with van der Waals surface area (Å²) in [4.78, 5) is 9.65. The third-order valence-electron chi connectivity index (χ3n) is 4.95. The molecule has 0 unspecified atom stereocenters. The van der Waals surface area contributed by atoms with Crippen molar-refractivity contribution in [3.63, 3.8) is 0 Å². The molecule has 3 aromatic rings. The van der Waals surface area contributed by atoms with Gasteiger partial charge in [-0.05, 0) is 48.6 Å². The van der Waals surface area contributed by atoms with Crippen molar-refractivity contribution in [1.29, 1.82) is 0 Å². The number of imidazole rings is 1. The molecule has 1 aliphatic carbocycles. The lowest BCUT2D eigenvalue weighted by atomic mass is 10.3. The van der Waals surface area contributed by atoms with Gasteiger partial charge >= 0.3 is 0 Å². The minimum Gasteiger partial charge on any atom is -0.378 e. The monoisotopic (exact) mass is 452 g/mol. The van der Waals surface area contributed by atoms with E-state index in [1.807, 2.05) is 30.6 Å². The molecule has 2 heterocycles. The summed E-state index contributed by atoms with van der Waals surface area (Å²) in [5, 5.41) is 10.4. The summed E-state index contributed by atoms with van der Waals surface area (Å²) in [5.74, 6) is 2.81. The zero-order valence-corrected chi connectivity index (χ0v) is 18.8. The largest absolute Gasteiger partial charge is 0.378 e. The normalized spacial score (nSPS) is 13.0. The molecule has 0 amide bonds. The van der Waals surface area contributed by atoms with Crippen LogP contribution in [0.15, 0.2) is 72.8 Å². The molecule has 3 N–H and O–H groups in total. The summed E-state index contributed by atoms with van der Waals surface area (Å²) in [5.41, 5.74) is 2.67. The van der Waals surface area contributed by atoms with Crippen LogP contribution in [-0.4, -0.2) is 14.5 Å². The Bertz CT molecular complexity index is 1090. The van der Waals surface area contributed by atoms with E-state index in [-0.39, 0.29) is 0 Å². The summed E-state index contributed by atoms with van der Waals surface area (Å²) in [6, 6.07) is 9.39. The Labute approximate surface area is 192 Å². The van der Waals surface area contributed by atoms with Gasteiger partial charge in [-0.3, -0.25) is 4.98 Å². The van der Waals surface area contributed by atoms with E-state index in [2.05, 4.69) is 51.3 Å². The molecule has 160 valence electrons. The van der Waals surface area contributed by atoms with Crippen LogP contribution < -0.4 is 16.0 Å². The van der Waals surface area contributed by atoms with Gasteiger partial charge in [0.05, 0.1) is 11.4 Å². The summed E-state index contributed by atoms with van der Waals surface area (Å²) in [6.45, 7) is 9.83. The molecule has 1 aromatic carbocycles. The van der Waals surface area contributed by atoms with Crippen LogP contribution in [0.4, 0.5) is 11.5 Å². The SMILES string of the molecule is C=C(Nc1cn(CC2CC2)c(C(=C)NCc2cccnc2)n1)Nc1ccc(Cl)cc1S. The number of pyridine rings is 1. The number of hydrogen-bond donors (Lipinski definition) is 4. The molecule has 1 saturated carbocycles. The molecule has 2 aromatic heterocycles. The first-order chi connectivity index (χ1) is 15.0. The van der Waals surface area contributed by atoms with Crippen molar-refractivity contribution >= 4 is 41.4 Å². The third-order valence-corrected chi connectivity index (χ3v) is 5.56. The van der Waals surface area contributed by atoms with E-state index in [1.54, 1.807) is 18.3 Å². The number of aromatic nitrogens is 3. The third kappa shape index (κ3) is 5.83. The summed E-state index contributed by atoms with van der Waals surface area (Å²) in [6.07, 6.45) is 8.12. The highest BCUT2D eigenvalue weighted by Crippen LogP contribution is 2.32. The quantitative estimate of drug-likeness (QED) is 0.311. The van der Waals surface area contributed by atoms with Crippen LogP contribution in [0.2, 0.25) is 5.02 Å². The summed E-state index contributed by atoms with van der Waals surface area (Å²) in [7, 11) is 0. The number of thiol groups is 1. The number of nitrogens with zero attached hydrogens (tertiary/aromatic N) is 3. The Morgan fingerprint density at radius 3 is 2.77 bits per heavy atom. The molecule has 4 rings (SSSR count). The molecule has 31 heavy (non-hydrogen) atoms. The molecule has 0 bridgehead atoms. The van der Waals surface area contributed by atoms with Crippen LogP contribution in [0, 0.1) is 5.92 Å². The Hall–Kier alpha value is -2.90. The van der Waals surface area contributed by atoms with Crippen molar-refractivity contribution in [2.75, 3.05) is 10.6 Å². The first kappa shape index (κ1) is 21.3. The fourth-order valence-electron chi connectivity index (χ4n) is 3.18. The Balaban J connectivity index is 1.44. The average Bonchev–Trinajstić information content (AvgIpc) is 3.48. The first-order valence-electron chi connectivity index (χ1n) is 10.1. The van der Waals surface area contributed by atoms with Crippen molar-refractivity contribution in [3.8, 4) is 0 Å². The Morgan fingerprint density at radius 1 is 1.23 bits per heavy atom. The van der Waals surface area contributed by atoms with Crippen LogP contribution in [0.3, 0.4) is 0 Å². The average molecular weight is 453 g/mol. The van der Waals surface area contributed by atoms with Gasteiger partial charge in [-0.25, -0.2) is 4.98 Å². The molecule has 0 spiro atoms. The van der Waals surface area contributed by atoms with E-state index in [4.69, 9.17) is 16.6 Å². The van der Waals surface area contributed by atoms with Gasteiger partial charge < -0.3 is 20.5 Å². The lowest BCUT2D eigenvalue weighted by molar-refractivity contribution is 0.616. The first-order valence-corrected chi connectivity index (χ1v) is 10.9. The molecule has 1 fully saturated rings. The number of hydrogen-bond acceptors (Lipinski definition) is 6. The van der Waals surface area contributed by atoms with Gasteiger partial charge in [0.25, 0.3) is 0 Å². The molecular weight excluding hydrogens is 428 g/mol. The van der Waals surface area contributed by atoms with Gasteiger partial charge in [0.2, 0.25) is 0 Å². The highest BCUT2D eigenvalue weighted by Gasteiger charge is 2.24. The maximum atomic E-state index is 6.00. The molecular formula is C23H25ClN6S. The highest BCUT2D eigenvalue weighted by molar-refractivity contribution is 7.80. The molecule has 6 nitrogen and oxygen atoms in total. The van der Waals surface area contributed by atoms with Crippen LogP contribution in [0.5, 0.6) is 0 Å². The maximum absolute atomic E-state index is 6.00. The number of benzene rings is 1. The number of anilines is 2. The standard InChI is InChI=1S/C23H25ClN6S/c1-15(26-12-18-4-3-9-25-11-18)23-29-22(14-30(23)13-17-5-6-17)28-16(2)27-20-8-7-19(24)10-21(20)31/h3-4,7-11,14,17,26-28,31H,1-2,5-6,12-13H2. The number of rotatable bonds is 10. The van der Waals surface area contributed by atoms with Gasteiger partial charge in [-0.15, -0.1) is 12.6 Å². The second-order valence-corrected chi connectivity index (χ2v) is 8.55. The van der Waals surface area contributed by atoms with Gasteiger partial charge in [-0.2, -0.15) is 0 Å². The Morgan fingerprint density at radius 2 is 2.06 bits per heavy atom. The van der Waals surface area contributed by atoms with Crippen molar-refractivity contribution in [3.05, 3.63) is 84.3 Å². The topological polar surface area (TPSA) is 66.8 Å². The molecule has 0 radical (unpaired) electrons. The fourth-order valence-corrected chi connectivity index (χ4v) is 3.70. The summed E-state index contributed by atoms with van der Waals surface area (Å²) >= 11 is 10.5. The summed E-state index contributed by atoms with van der Waals surface area (Å²) < 4.78 is 2.15. The van der Waals surface area contributed by atoms with E-state index in [0.717, 1.165) is 34.2 Å². The van der Waals surface area contributed by atoms with Crippen molar-refractivity contribution in [2.24, 2.45) is 5.92 Å². The number of halogens is 1. The van der Waals surface area contributed by atoms with Gasteiger partial charge in [0.15, 0.2) is 5.82 Å². The van der Waals surface area contributed by atoms with Crippen molar-refractivity contribution in [1.82, 2.24) is 19.9 Å². The van der Waals surface area contributed by atoms with Crippen LogP contribution in [-0.2, 0) is 13.1 Å². The Kier molecular flexibility index (Phi) is 6.53. The minimum atomic E-state index is 0.592. The van der Waals surface area contributed by atoms with Crippen LogP contribution in [0.25, 0.3) is 5.70 Å². The minimum absolute atomic E-state index is 0.592. The molecule has 0 aliphatic heterocycles. The fraction of sp³-hybridized carbons (Fsp3) is 0.217. The zero-order chi connectivity index (χ0) is 21.8. The molecule has 1 aliphatic rings. The van der Waals surface area contributed by atoms with Crippen molar-refractivity contribution < 1.29 is 0 Å². The van der Waals surface area contributed by atoms with E-state index >= 15 is 0 Å². The second kappa shape index (κ2) is 9.49. The van der Waals surface area contributed by atoms with E-state index < -0.39 is 0 Å². The predicted molar refractivity (Wildman–Crippen MR) is 130 cm³/mol. The van der Waals surface area contributed by atoms with Crippen LogP contribution >= 0.6 is 24.2 Å². The molecule has 0 saturated heterocycles. The van der Waals surface area contributed by atoms with Gasteiger partial charge in [0, 0.05) is 41.6 Å². The van der Waals surface area contributed by atoms with E-state index in [1.165, 1.54) is 12.8 Å². The lowest BCUT2D eigenvalue weighted by Crippen LogP contribution is -2.15. The zero-order valence-electron chi connectivity index (χ0n) is 17.1. The van der Waals surface area contributed by atoms with Gasteiger partial charge in [-0.1, -0.05) is 30.8 Å². The van der Waals surface area contributed by atoms with E-state index in [9.17, 15) is 0 Å². The van der Waals surface area contributed by atoms with E-state index in [0.29, 0.717) is 29.1 Å². The molecule has 8 heteroatoms. The predicted octanol–water partition coefficient (Wildman–Crippen LogP) is 5.39. The smallest absolute Gasteiger partial charge is 0.158 e. The highest BCUT2D eigenvalue weighted by atomic mass is 35.5. The molecule has 0 atom stereocenters. The van der Waals surface area contributed by atoms with Gasteiger partial charge in [0.1, 0.15) is 11.6 Å². The lowest BCUT2D eigenvalue weighted by Gasteiger charge is -2.12. The second-order valence-electron chi connectivity index (χ2n) is 7.63. The van der Waals surface area contributed by atoms with Crippen molar-refractivity contribution in [2.45, 2.75) is 30.8 Å². The van der Waals surface area contributed by atoms with Crippen LogP contribution in [0.1, 0.15) is 24.2 Å². The maximum Gasteiger partial charge on any atom is 0.158 e.